The SMILES string of the molecule is CC(=O)CNc1ncc(CN2CCCOC(Cc3ncc(F)cn3)C2)s1.[HH]. The lowest BCUT2D eigenvalue weighted by molar-refractivity contribution is -0.115. The average molecular weight is 381 g/mol. The lowest BCUT2D eigenvalue weighted by Crippen LogP contribution is -2.32. The second-order valence-electron chi connectivity index (χ2n) is 6.29. The number of aromatic nitrogens is 3. The number of ether oxygens (including phenoxy) is 1. The second kappa shape index (κ2) is 9.11. The highest BCUT2D eigenvalue weighted by Gasteiger charge is 2.21. The summed E-state index contributed by atoms with van der Waals surface area (Å²) in [6, 6.07) is 0. The number of halogens is 1. The molecule has 3 rings (SSSR count). The van der Waals surface area contributed by atoms with Crippen LogP contribution in [0.5, 0.6) is 0 Å². The standard InChI is InChI=1S/C17H22FN5O2S.H2/c1-12(24)6-21-17-22-9-15(26-17)11-23-3-2-4-25-14(10-23)5-16-19-7-13(18)8-20-16;/h7-9,14H,2-6,10-11H2,1H3,(H,21,22);1H. The van der Waals surface area contributed by atoms with E-state index in [9.17, 15) is 9.18 Å². The molecule has 1 aliphatic rings. The number of ketones is 1. The van der Waals surface area contributed by atoms with Crippen LogP contribution in [0.3, 0.4) is 0 Å². The Morgan fingerprint density at radius 1 is 1.42 bits per heavy atom. The van der Waals surface area contributed by atoms with Gasteiger partial charge in [0.2, 0.25) is 0 Å². The van der Waals surface area contributed by atoms with Gasteiger partial charge in [-0.3, -0.25) is 9.69 Å². The second-order valence-corrected chi connectivity index (χ2v) is 7.41. The Hall–Kier alpha value is -1.97. The molecule has 142 valence electrons. The molecule has 2 aromatic rings. The van der Waals surface area contributed by atoms with Crippen LogP contribution in [0.2, 0.25) is 0 Å². The van der Waals surface area contributed by atoms with E-state index in [1.807, 2.05) is 6.20 Å². The quantitative estimate of drug-likeness (QED) is 0.787. The zero-order chi connectivity index (χ0) is 18.4. The fourth-order valence-electron chi connectivity index (χ4n) is 2.77. The van der Waals surface area contributed by atoms with Crippen molar-refractivity contribution in [2.24, 2.45) is 0 Å². The normalized spacial score (nSPS) is 18.5. The summed E-state index contributed by atoms with van der Waals surface area (Å²) in [6.07, 6.45) is 5.70. The van der Waals surface area contributed by atoms with E-state index in [1.165, 1.54) is 12.4 Å². The molecule has 0 radical (unpaired) electrons. The lowest BCUT2D eigenvalue weighted by Gasteiger charge is -2.22. The highest BCUT2D eigenvalue weighted by Crippen LogP contribution is 2.21. The first-order valence-corrected chi connectivity index (χ1v) is 9.38. The van der Waals surface area contributed by atoms with Crippen molar-refractivity contribution in [2.75, 3.05) is 31.6 Å². The maximum Gasteiger partial charge on any atom is 0.183 e. The Morgan fingerprint density at radius 2 is 2.23 bits per heavy atom. The molecule has 1 fully saturated rings. The molecule has 9 heteroatoms. The van der Waals surface area contributed by atoms with Crippen LogP contribution in [-0.2, 0) is 22.5 Å². The highest BCUT2D eigenvalue weighted by molar-refractivity contribution is 7.15. The molecule has 2 aromatic heterocycles. The van der Waals surface area contributed by atoms with Gasteiger partial charge in [0.15, 0.2) is 10.9 Å². The number of nitrogens with one attached hydrogen (secondary N) is 1. The minimum absolute atomic E-state index is 0. The summed E-state index contributed by atoms with van der Waals surface area (Å²) in [6.45, 7) is 5.01. The summed E-state index contributed by atoms with van der Waals surface area (Å²) >= 11 is 1.56. The van der Waals surface area contributed by atoms with Gasteiger partial charge in [0.05, 0.1) is 25.0 Å². The van der Waals surface area contributed by atoms with Crippen LogP contribution >= 0.6 is 11.3 Å². The van der Waals surface area contributed by atoms with E-state index in [-0.39, 0.29) is 13.3 Å². The summed E-state index contributed by atoms with van der Waals surface area (Å²) in [5.74, 6) is 0.237. The van der Waals surface area contributed by atoms with Crippen molar-refractivity contribution in [1.29, 1.82) is 0 Å². The summed E-state index contributed by atoms with van der Waals surface area (Å²) in [5.41, 5.74) is 0. The zero-order valence-electron chi connectivity index (χ0n) is 14.7. The maximum absolute atomic E-state index is 12.9. The molecule has 3 heterocycles. The molecule has 1 atom stereocenters. The van der Waals surface area contributed by atoms with E-state index in [0.29, 0.717) is 25.4 Å². The molecule has 0 amide bonds. The molecule has 0 aliphatic carbocycles. The first-order chi connectivity index (χ1) is 12.6. The van der Waals surface area contributed by atoms with Crippen molar-refractivity contribution in [1.82, 2.24) is 19.9 Å². The molecular weight excluding hydrogens is 357 g/mol. The van der Waals surface area contributed by atoms with Gasteiger partial charge in [-0.25, -0.2) is 19.3 Å². The Labute approximate surface area is 157 Å². The zero-order valence-corrected chi connectivity index (χ0v) is 15.5. The van der Waals surface area contributed by atoms with Gasteiger partial charge < -0.3 is 10.1 Å². The Morgan fingerprint density at radius 3 is 3.00 bits per heavy atom. The number of rotatable bonds is 7. The van der Waals surface area contributed by atoms with Gasteiger partial charge in [0, 0.05) is 45.2 Å². The monoisotopic (exact) mass is 381 g/mol. The molecular formula is C17H24FN5O2S. The fraction of sp³-hybridized carbons (Fsp3) is 0.529. The van der Waals surface area contributed by atoms with Gasteiger partial charge in [-0.2, -0.15) is 0 Å². The van der Waals surface area contributed by atoms with Gasteiger partial charge >= 0.3 is 0 Å². The average Bonchev–Trinajstić information content (AvgIpc) is 2.94. The number of carbonyl (C=O) groups excluding carboxylic acids is 1. The van der Waals surface area contributed by atoms with E-state index in [0.717, 1.165) is 36.1 Å². The summed E-state index contributed by atoms with van der Waals surface area (Å²) in [7, 11) is 0. The lowest BCUT2D eigenvalue weighted by atomic mass is 10.2. The van der Waals surface area contributed by atoms with Crippen molar-refractivity contribution < 1.29 is 15.3 Å². The Kier molecular flexibility index (Phi) is 6.59. The summed E-state index contributed by atoms with van der Waals surface area (Å²) in [5, 5.41) is 3.79. The number of Topliss-reactive ketones (excluding diaryl/α,β-unsaturated/α-hetero) is 1. The third kappa shape index (κ3) is 5.79. The molecule has 1 N–H and O–H groups in total. The molecule has 7 nitrogen and oxygen atoms in total. The van der Waals surface area contributed by atoms with Gasteiger partial charge in [0.25, 0.3) is 0 Å². The number of nitrogens with zero attached hydrogens (tertiary/aromatic N) is 4. The molecule has 0 spiro atoms. The topological polar surface area (TPSA) is 80.2 Å². The maximum atomic E-state index is 12.9. The van der Waals surface area contributed by atoms with Crippen LogP contribution in [0.4, 0.5) is 9.52 Å². The predicted molar refractivity (Wildman–Crippen MR) is 98.7 cm³/mol. The van der Waals surface area contributed by atoms with Crippen LogP contribution in [0.25, 0.3) is 0 Å². The molecule has 26 heavy (non-hydrogen) atoms. The third-order valence-electron chi connectivity index (χ3n) is 3.94. The van der Waals surface area contributed by atoms with Crippen molar-refractivity contribution in [3.05, 3.63) is 35.1 Å². The largest absolute Gasteiger partial charge is 0.376 e. The summed E-state index contributed by atoms with van der Waals surface area (Å²) in [4.78, 5) is 26.9. The molecule has 1 aliphatic heterocycles. The van der Waals surface area contributed by atoms with Crippen LogP contribution < -0.4 is 5.32 Å². The third-order valence-corrected chi connectivity index (χ3v) is 4.88. The number of anilines is 1. The van der Waals surface area contributed by atoms with Crippen LogP contribution in [0.15, 0.2) is 18.6 Å². The van der Waals surface area contributed by atoms with E-state index in [1.54, 1.807) is 18.3 Å². The van der Waals surface area contributed by atoms with Gasteiger partial charge in [-0.15, -0.1) is 11.3 Å². The molecule has 1 unspecified atom stereocenters. The van der Waals surface area contributed by atoms with Crippen molar-refractivity contribution in [3.63, 3.8) is 0 Å². The fourth-order valence-corrected chi connectivity index (χ4v) is 3.62. The van der Waals surface area contributed by atoms with Crippen LogP contribution in [0.1, 0.15) is 25.5 Å². The van der Waals surface area contributed by atoms with Crippen molar-refractivity contribution in [3.8, 4) is 0 Å². The minimum atomic E-state index is -0.434. The van der Waals surface area contributed by atoms with Crippen LogP contribution in [0, 0.1) is 5.82 Å². The first-order valence-electron chi connectivity index (χ1n) is 8.57. The minimum Gasteiger partial charge on any atom is -0.376 e. The van der Waals surface area contributed by atoms with E-state index in [2.05, 4.69) is 25.2 Å². The van der Waals surface area contributed by atoms with Crippen molar-refractivity contribution in [2.45, 2.75) is 32.4 Å². The van der Waals surface area contributed by atoms with Crippen molar-refractivity contribution >= 4 is 22.3 Å². The van der Waals surface area contributed by atoms with E-state index < -0.39 is 5.82 Å². The number of carbonyl (C=O) groups is 1. The molecule has 0 aromatic carbocycles. The smallest absolute Gasteiger partial charge is 0.183 e. The number of hydrogen-bond donors (Lipinski definition) is 1. The Balaban J connectivity index is 0.00000261. The Bertz CT molecular complexity index is 730. The summed E-state index contributed by atoms with van der Waals surface area (Å²) < 4.78 is 18.8. The number of thiazole rings is 1. The predicted octanol–water partition coefficient (Wildman–Crippen LogP) is 2.15. The van der Waals surface area contributed by atoms with E-state index in [4.69, 9.17) is 4.74 Å². The van der Waals surface area contributed by atoms with Gasteiger partial charge in [-0.05, 0) is 13.3 Å². The first kappa shape index (κ1) is 18.8. The highest BCUT2D eigenvalue weighted by atomic mass is 32.1. The van der Waals surface area contributed by atoms with Crippen LogP contribution in [-0.4, -0.2) is 58.0 Å². The van der Waals surface area contributed by atoms with Gasteiger partial charge in [0.1, 0.15) is 11.6 Å². The number of hydrogen-bond acceptors (Lipinski definition) is 8. The van der Waals surface area contributed by atoms with Gasteiger partial charge in [-0.1, -0.05) is 0 Å². The van der Waals surface area contributed by atoms with E-state index >= 15 is 0 Å². The molecule has 0 bridgehead atoms. The molecule has 0 saturated carbocycles. The molecule has 1 saturated heterocycles.